The summed E-state index contributed by atoms with van der Waals surface area (Å²) in [6.45, 7) is 3.67. The molecule has 1 N–H and O–H groups in total. The quantitative estimate of drug-likeness (QED) is 0.543. The number of hydrogen-bond donors (Lipinski definition) is 1. The van der Waals surface area contributed by atoms with Crippen LogP contribution in [0.5, 0.6) is 0 Å². The average Bonchev–Trinajstić information content (AvgIpc) is 2.52. The first-order chi connectivity index (χ1) is 7.34. The number of ether oxygens (including phenoxy) is 1. The van der Waals surface area contributed by atoms with Crippen LogP contribution in [0.4, 0.5) is 0 Å². The van der Waals surface area contributed by atoms with Crippen LogP contribution in [0.15, 0.2) is 0 Å². The second-order valence-electron chi connectivity index (χ2n) is 4.72. The van der Waals surface area contributed by atoms with Crippen molar-refractivity contribution in [3.63, 3.8) is 0 Å². The zero-order chi connectivity index (χ0) is 10.9. The van der Waals surface area contributed by atoms with Gasteiger partial charge in [0.25, 0.3) is 0 Å². The molecule has 0 aromatic carbocycles. The zero-order valence-corrected chi connectivity index (χ0v) is 10.1. The van der Waals surface area contributed by atoms with Crippen LogP contribution in [0.25, 0.3) is 0 Å². The van der Waals surface area contributed by atoms with Crippen LogP contribution in [0.2, 0.25) is 0 Å². The summed E-state index contributed by atoms with van der Waals surface area (Å²) >= 11 is 0. The van der Waals surface area contributed by atoms with Crippen molar-refractivity contribution >= 4 is 0 Å². The molecule has 1 aliphatic carbocycles. The summed E-state index contributed by atoms with van der Waals surface area (Å²) in [6, 6.07) is 0. The molecule has 1 saturated carbocycles. The fourth-order valence-electron chi connectivity index (χ4n) is 2.38. The number of rotatable bonds is 6. The molecule has 2 nitrogen and oxygen atoms in total. The Morgan fingerprint density at radius 2 is 1.80 bits per heavy atom. The van der Waals surface area contributed by atoms with Crippen LogP contribution in [0.1, 0.15) is 58.3 Å². The van der Waals surface area contributed by atoms with E-state index in [0.29, 0.717) is 5.92 Å². The minimum atomic E-state index is -0.125. The van der Waals surface area contributed by atoms with Gasteiger partial charge in [-0.1, -0.05) is 32.6 Å². The van der Waals surface area contributed by atoms with Gasteiger partial charge in [-0.3, -0.25) is 0 Å². The van der Waals surface area contributed by atoms with Gasteiger partial charge >= 0.3 is 0 Å². The first-order valence-corrected chi connectivity index (χ1v) is 6.60. The molecular formula is C13H26O2. The van der Waals surface area contributed by atoms with E-state index in [1.807, 2.05) is 0 Å². The molecule has 1 unspecified atom stereocenters. The average molecular weight is 214 g/mol. The van der Waals surface area contributed by atoms with Crippen molar-refractivity contribution < 1.29 is 9.84 Å². The van der Waals surface area contributed by atoms with Crippen LogP contribution in [-0.4, -0.2) is 24.4 Å². The Hall–Kier alpha value is -0.0800. The van der Waals surface area contributed by atoms with Gasteiger partial charge in [0.1, 0.15) is 0 Å². The molecule has 1 atom stereocenters. The summed E-state index contributed by atoms with van der Waals surface area (Å²) in [5.41, 5.74) is 0. The van der Waals surface area contributed by atoms with E-state index >= 15 is 0 Å². The SMILES string of the molecule is CCCOCCC(O)C1CCCCCC1. The van der Waals surface area contributed by atoms with Crippen molar-refractivity contribution in [2.75, 3.05) is 13.2 Å². The molecule has 2 heteroatoms. The predicted molar refractivity (Wildman–Crippen MR) is 62.9 cm³/mol. The number of hydrogen-bond acceptors (Lipinski definition) is 2. The van der Waals surface area contributed by atoms with E-state index in [1.165, 1.54) is 38.5 Å². The van der Waals surface area contributed by atoms with Gasteiger partial charge in [0.15, 0.2) is 0 Å². The third kappa shape index (κ3) is 5.53. The first-order valence-electron chi connectivity index (χ1n) is 6.60. The van der Waals surface area contributed by atoms with Gasteiger partial charge < -0.3 is 9.84 Å². The molecule has 15 heavy (non-hydrogen) atoms. The summed E-state index contributed by atoms with van der Waals surface area (Å²) < 4.78 is 5.42. The number of aliphatic hydroxyl groups excluding tert-OH is 1. The van der Waals surface area contributed by atoms with Crippen LogP contribution in [-0.2, 0) is 4.74 Å². The van der Waals surface area contributed by atoms with E-state index in [1.54, 1.807) is 0 Å². The molecule has 90 valence electrons. The van der Waals surface area contributed by atoms with Gasteiger partial charge in [0.05, 0.1) is 6.10 Å². The maximum atomic E-state index is 10.0. The maximum absolute atomic E-state index is 10.0. The van der Waals surface area contributed by atoms with E-state index in [-0.39, 0.29) is 6.10 Å². The molecule has 0 bridgehead atoms. The summed E-state index contributed by atoms with van der Waals surface area (Å²) in [7, 11) is 0. The van der Waals surface area contributed by atoms with Crippen molar-refractivity contribution in [3.05, 3.63) is 0 Å². The topological polar surface area (TPSA) is 29.5 Å². The molecule has 0 amide bonds. The Balaban J connectivity index is 2.11. The Morgan fingerprint density at radius 3 is 2.40 bits per heavy atom. The minimum absolute atomic E-state index is 0.125. The molecule has 0 saturated heterocycles. The van der Waals surface area contributed by atoms with Crippen LogP contribution in [0, 0.1) is 5.92 Å². The highest BCUT2D eigenvalue weighted by Crippen LogP contribution is 2.26. The van der Waals surface area contributed by atoms with Gasteiger partial charge in [0.2, 0.25) is 0 Å². The molecule has 0 spiro atoms. The largest absolute Gasteiger partial charge is 0.393 e. The lowest BCUT2D eigenvalue weighted by molar-refractivity contribution is 0.0461. The third-order valence-electron chi connectivity index (χ3n) is 3.35. The molecule has 1 fully saturated rings. The van der Waals surface area contributed by atoms with Gasteiger partial charge in [-0.05, 0) is 31.6 Å². The van der Waals surface area contributed by atoms with Crippen molar-refractivity contribution in [2.45, 2.75) is 64.4 Å². The highest BCUT2D eigenvalue weighted by molar-refractivity contribution is 4.71. The van der Waals surface area contributed by atoms with Crippen LogP contribution >= 0.6 is 0 Å². The predicted octanol–water partition coefficient (Wildman–Crippen LogP) is 3.13. The highest BCUT2D eigenvalue weighted by atomic mass is 16.5. The fourth-order valence-corrected chi connectivity index (χ4v) is 2.38. The molecule has 1 rings (SSSR count). The molecule has 0 radical (unpaired) electrons. The Bertz CT molecular complexity index is 139. The van der Waals surface area contributed by atoms with Crippen molar-refractivity contribution in [3.8, 4) is 0 Å². The third-order valence-corrected chi connectivity index (χ3v) is 3.35. The van der Waals surface area contributed by atoms with Crippen LogP contribution in [0.3, 0.4) is 0 Å². The smallest absolute Gasteiger partial charge is 0.0590 e. The monoisotopic (exact) mass is 214 g/mol. The van der Waals surface area contributed by atoms with Gasteiger partial charge in [-0.15, -0.1) is 0 Å². The fraction of sp³-hybridized carbons (Fsp3) is 1.00. The maximum Gasteiger partial charge on any atom is 0.0590 e. The van der Waals surface area contributed by atoms with E-state index in [0.717, 1.165) is 26.1 Å². The van der Waals surface area contributed by atoms with E-state index < -0.39 is 0 Å². The van der Waals surface area contributed by atoms with Crippen molar-refractivity contribution in [2.24, 2.45) is 5.92 Å². The minimum Gasteiger partial charge on any atom is -0.393 e. The second kappa shape index (κ2) is 8.12. The molecule has 0 aromatic heterocycles. The Labute approximate surface area is 94.0 Å². The highest BCUT2D eigenvalue weighted by Gasteiger charge is 2.20. The van der Waals surface area contributed by atoms with Crippen LogP contribution < -0.4 is 0 Å². The van der Waals surface area contributed by atoms with Gasteiger partial charge in [-0.25, -0.2) is 0 Å². The molecule has 0 aliphatic heterocycles. The summed E-state index contributed by atoms with van der Waals surface area (Å²) in [5.74, 6) is 0.540. The second-order valence-corrected chi connectivity index (χ2v) is 4.72. The lowest BCUT2D eigenvalue weighted by atomic mass is 9.92. The lowest BCUT2D eigenvalue weighted by Crippen LogP contribution is -2.21. The van der Waals surface area contributed by atoms with E-state index in [2.05, 4.69) is 6.92 Å². The summed E-state index contributed by atoms with van der Waals surface area (Å²) in [4.78, 5) is 0. The van der Waals surface area contributed by atoms with E-state index in [9.17, 15) is 5.11 Å². The zero-order valence-electron chi connectivity index (χ0n) is 10.1. The number of aliphatic hydroxyl groups is 1. The van der Waals surface area contributed by atoms with Crippen molar-refractivity contribution in [1.29, 1.82) is 0 Å². The molecular weight excluding hydrogens is 188 g/mol. The molecule has 0 aromatic rings. The lowest BCUT2D eigenvalue weighted by Gasteiger charge is -2.21. The summed E-state index contributed by atoms with van der Waals surface area (Å²) in [5, 5.41) is 10.0. The Morgan fingerprint density at radius 1 is 1.13 bits per heavy atom. The standard InChI is InChI=1S/C13H26O2/c1-2-10-15-11-9-13(14)12-7-5-3-4-6-8-12/h12-14H,2-11H2,1H3. The molecule has 1 aliphatic rings. The van der Waals surface area contributed by atoms with Gasteiger partial charge in [0, 0.05) is 13.2 Å². The first kappa shape index (κ1) is 13.0. The van der Waals surface area contributed by atoms with Crippen molar-refractivity contribution in [1.82, 2.24) is 0 Å². The normalized spacial score (nSPS) is 21.2. The molecule has 0 heterocycles. The van der Waals surface area contributed by atoms with Gasteiger partial charge in [-0.2, -0.15) is 0 Å². The Kier molecular flexibility index (Phi) is 7.03. The summed E-state index contributed by atoms with van der Waals surface area (Å²) in [6.07, 6.45) is 9.52. The van der Waals surface area contributed by atoms with E-state index in [4.69, 9.17) is 4.74 Å².